The number of nitrogens with zero attached hydrogens (tertiary/aromatic N) is 1. The van der Waals surface area contributed by atoms with Gasteiger partial charge in [0.25, 0.3) is 0 Å². The fourth-order valence-corrected chi connectivity index (χ4v) is 2.89. The van der Waals surface area contributed by atoms with Crippen molar-refractivity contribution in [2.45, 2.75) is 57.1 Å². The van der Waals surface area contributed by atoms with Crippen molar-refractivity contribution < 1.29 is 4.74 Å². The zero-order valence-corrected chi connectivity index (χ0v) is 11.3. The molecule has 1 N–H and O–H groups in total. The van der Waals surface area contributed by atoms with Crippen LogP contribution in [0.5, 0.6) is 0 Å². The Morgan fingerprint density at radius 1 is 1.12 bits per heavy atom. The number of ether oxygens (including phenoxy) is 1. The van der Waals surface area contributed by atoms with Crippen LogP contribution in [0.25, 0.3) is 0 Å². The molecule has 0 spiro atoms. The highest BCUT2D eigenvalue weighted by Gasteiger charge is 2.16. The largest absolute Gasteiger partial charge is 0.378 e. The van der Waals surface area contributed by atoms with Crippen LogP contribution in [0, 0.1) is 0 Å². The Morgan fingerprint density at radius 2 is 2.00 bits per heavy atom. The highest BCUT2D eigenvalue weighted by Crippen LogP contribution is 2.16. The van der Waals surface area contributed by atoms with Gasteiger partial charge < -0.3 is 15.0 Å². The molecular formula is C14H28N2O. The zero-order valence-electron chi connectivity index (χ0n) is 11.3. The molecule has 2 unspecified atom stereocenters. The summed E-state index contributed by atoms with van der Waals surface area (Å²) >= 11 is 0. The Hall–Kier alpha value is -0.120. The lowest BCUT2D eigenvalue weighted by molar-refractivity contribution is 0.0945. The Morgan fingerprint density at radius 3 is 2.71 bits per heavy atom. The standard InChI is InChI=1S/C14H28N2O/c1-16(11-8-14-6-4-12-17-14)10-7-13-5-2-3-9-15-13/h13-15H,2-12H2,1H3. The van der Waals surface area contributed by atoms with E-state index in [-0.39, 0.29) is 0 Å². The van der Waals surface area contributed by atoms with E-state index in [1.807, 2.05) is 0 Å². The van der Waals surface area contributed by atoms with Gasteiger partial charge in [-0.1, -0.05) is 6.42 Å². The molecule has 2 rings (SSSR count). The maximum absolute atomic E-state index is 5.66. The van der Waals surface area contributed by atoms with Crippen molar-refractivity contribution in [3.63, 3.8) is 0 Å². The summed E-state index contributed by atoms with van der Waals surface area (Å²) in [4.78, 5) is 2.47. The van der Waals surface area contributed by atoms with Crippen molar-refractivity contribution in [1.29, 1.82) is 0 Å². The third kappa shape index (κ3) is 4.94. The van der Waals surface area contributed by atoms with E-state index in [9.17, 15) is 0 Å². The minimum atomic E-state index is 0.547. The van der Waals surface area contributed by atoms with Gasteiger partial charge in [0.15, 0.2) is 0 Å². The molecule has 3 heteroatoms. The Bertz CT molecular complexity index is 198. The molecule has 0 saturated carbocycles. The van der Waals surface area contributed by atoms with Crippen LogP contribution in [0.2, 0.25) is 0 Å². The maximum Gasteiger partial charge on any atom is 0.0588 e. The summed E-state index contributed by atoms with van der Waals surface area (Å²) in [6.07, 6.45) is 9.77. The molecule has 2 atom stereocenters. The summed E-state index contributed by atoms with van der Waals surface area (Å²) in [5.41, 5.74) is 0. The van der Waals surface area contributed by atoms with Gasteiger partial charge in [-0.2, -0.15) is 0 Å². The highest BCUT2D eigenvalue weighted by atomic mass is 16.5. The molecule has 2 aliphatic heterocycles. The summed E-state index contributed by atoms with van der Waals surface area (Å²) < 4.78 is 5.66. The van der Waals surface area contributed by atoms with Gasteiger partial charge in [0, 0.05) is 19.2 Å². The molecule has 17 heavy (non-hydrogen) atoms. The van der Waals surface area contributed by atoms with E-state index >= 15 is 0 Å². The minimum Gasteiger partial charge on any atom is -0.378 e. The van der Waals surface area contributed by atoms with E-state index in [0.29, 0.717) is 6.10 Å². The molecular weight excluding hydrogens is 212 g/mol. The molecule has 0 amide bonds. The first-order valence-corrected chi connectivity index (χ1v) is 7.38. The molecule has 0 aromatic carbocycles. The molecule has 2 saturated heterocycles. The molecule has 100 valence electrons. The number of hydrogen-bond donors (Lipinski definition) is 1. The normalized spacial score (nSPS) is 30.0. The third-order valence-electron chi connectivity index (χ3n) is 4.13. The fraction of sp³-hybridized carbons (Fsp3) is 1.00. The zero-order chi connectivity index (χ0) is 11.9. The van der Waals surface area contributed by atoms with Gasteiger partial charge in [-0.05, 0) is 58.7 Å². The monoisotopic (exact) mass is 240 g/mol. The van der Waals surface area contributed by atoms with E-state index in [2.05, 4.69) is 17.3 Å². The van der Waals surface area contributed by atoms with E-state index in [1.54, 1.807) is 0 Å². The molecule has 0 aromatic rings. The summed E-state index contributed by atoms with van der Waals surface area (Å²) in [6.45, 7) is 4.63. The van der Waals surface area contributed by atoms with Crippen molar-refractivity contribution in [2.24, 2.45) is 0 Å². The summed E-state index contributed by atoms with van der Waals surface area (Å²) in [5.74, 6) is 0. The van der Waals surface area contributed by atoms with Gasteiger partial charge in [0.05, 0.1) is 6.10 Å². The number of hydrogen-bond acceptors (Lipinski definition) is 3. The first-order chi connectivity index (χ1) is 8.34. The van der Waals surface area contributed by atoms with Crippen molar-refractivity contribution in [3.05, 3.63) is 0 Å². The molecule has 0 bridgehead atoms. The molecule has 2 fully saturated rings. The van der Waals surface area contributed by atoms with E-state index in [4.69, 9.17) is 4.74 Å². The van der Waals surface area contributed by atoms with E-state index in [1.165, 1.54) is 64.6 Å². The predicted octanol–water partition coefficient (Wildman–Crippen LogP) is 2.02. The third-order valence-corrected chi connectivity index (χ3v) is 4.13. The topological polar surface area (TPSA) is 24.5 Å². The van der Waals surface area contributed by atoms with E-state index < -0.39 is 0 Å². The van der Waals surface area contributed by atoms with Gasteiger partial charge in [-0.15, -0.1) is 0 Å². The van der Waals surface area contributed by atoms with Crippen molar-refractivity contribution >= 4 is 0 Å². The van der Waals surface area contributed by atoms with E-state index in [0.717, 1.165) is 12.6 Å². The average molecular weight is 240 g/mol. The molecule has 2 heterocycles. The molecule has 2 aliphatic rings. The predicted molar refractivity (Wildman–Crippen MR) is 71.3 cm³/mol. The van der Waals surface area contributed by atoms with Crippen LogP contribution in [0.1, 0.15) is 44.9 Å². The van der Waals surface area contributed by atoms with Crippen molar-refractivity contribution in [2.75, 3.05) is 33.3 Å². The fourth-order valence-electron chi connectivity index (χ4n) is 2.89. The lowest BCUT2D eigenvalue weighted by Crippen LogP contribution is -2.37. The van der Waals surface area contributed by atoms with Gasteiger partial charge in [-0.3, -0.25) is 0 Å². The van der Waals surface area contributed by atoms with Gasteiger partial charge in [0.1, 0.15) is 0 Å². The molecule has 0 aliphatic carbocycles. The first-order valence-electron chi connectivity index (χ1n) is 7.38. The van der Waals surface area contributed by atoms with Gasteiger partial charge in [0.2, 0.25) is 0 Å². The van der Waals surface area contributed by atoms with Crippen LogP contribution in [-0.2, 0) is 4.74 Å². The highest BCUT2D eigenvalue weighted by molar-refractivity contribution is 4.74. The second-order valence-corrected chi connectivity index (χ2v) is 5.66. The molecule has 3 nitrogen and oxygen atoms in total. The Labute approximate surface area is 106 Å². The smallest absolute Gasteiger partial charge is 0.0588 e. The number of piperidine rings is 1. The van der Waals surface area contributed by atoms with Crippen molar-refractivity contribution in [3.8, 4) is 0 Å². The molecule has 0 radical (unpaired) electrons. The summed E-state index contributed by atoms with van der Waals surface area (Å²) in [5, 5.41) is 3.62. The van der Waals surface area contributed by atoms with Gasteiger partial charge in [-0.25, -0.2) is 0 Å². The Balaban J connectivity index is 1.52. The summed E-state index contributed by atoms with van der Waals surface area (Å²) in [7, 11) is 2.25. The first kappa shape index (κ1) is 13.3. The van der Waals surface area contributed by atoms with Crippen LogP contribution in [-0.4, -0.2) is 50.3 Å². The number of rotatable bonds is 6. The average Bonchev–Trinajstić information content (AvgIpc) is 2.88. The SMILES string of the molecule is CN(CCC1CCCCN1)CCC1CCCO1. The van der Waals surface area contributed by atoms with Crippen LogP contribution >= 0.6 is 0 Å². The lowest BCUT2D eigenvalue weighted by atomic mass is 10.0. The van der Waals surface area contributed by atoms with Crippen LogP contribution in [0.15, 0.2) is 0 Å². The lowest BCUT2D eigenvalue weighted by Gasteiger charge is -2.26. The number of nitrogens with one attached hydrogen (secondary N) is 1. The van der Waals surface area contributed by atoms with Gasteiger partial charge >= 0.3 is 0 Å². The van der Waals surface area contributed by atoms with Crippen LogP contribution in [0.4, 0.5) is 0 Å². The van der Waals surface area contributed by atoms with Crippen molar-refractivity contribution in [1.82, 2.24) is 10.2 Å². The van der Waals surface area contributed by atoms with Crippen LogP contribution in [0.3, 0.4) is 0 Å². The Kier molecular flexibility index (Phi) is 5.75. The molecule has 0 aromatic heterocycles. The maximum atomic E-state index is 5.66. The second-order valence-electron chi connectivity index (χ2n) is 5.66. The quantitative estimate of drug-likeness (QED) is 0.769. The summed E-state index contributed by atoms with van der Waals surface area (Å²) in [6, 6.07) is 0.772. The minimum absolute atomic E-state index is 0.547. The second kappa shape index (κ2) is 7.34. The van der Waals surface area contributed by atoms with Crippen LogP contribution < -0.4 is 5.32 Å².